The Hall–Kier alpha value is -2.69. The molecule has 4 amide bonds. The highest BCUT2D eigenvalue weighted by molar-refractivity contribution is 7.99. The van der Waals surface area contributed by atoms with Crippen molar-refractivity contribution in [2.75, 3.05) is 60.6 Å². The molecule has 0 saturated carbocycles. The number of hydrogen-bond acceptors (Lipinski definition) is 6. The zero-order valence-electron chi connectivity index (χ0n) is 18.0. The molecule has 1 aromatic carbocycles. The average Bonchev–Trinajstić information content (AvgIpc) is 3.39. The smallest absolute Gasteiger partial charge is 0.414 e. The van der Waals surface area contributed by atoms with Gasteiger partial charge in [-0.15, -0.1) is 0 Å². The fraction of sp³-hybridized carbons (Fsp3) is 0.571. The van der Waals surface area contributed by atoms with Gasteiger partial charge in [0, 0.05) is 50.7 Å². The summed E-state index contributed by atoms with van der Waals surface area (Å²) in [5, 5.41) is 5.69. The van der Waals surface area contributed by atoms with Gasteiger partial charge in [-0.1, -0.05) is 0 Å². The first-order valence-corrected chi connectivity index (χ1v) is 12.0. The molecular weight excluding hydrogens is 437 g/mol. The number of carbonyl (C=O) groups excluding carboxylic acids is 3. The Balaban J connectivity index is 1.34. The molecule has 2 atom stereocenters. The lowest BCUT2D eigenvalue weighted by Gasteiger charge is -2.28. The molecule has 3 saturated heterocycles. The molecule has 3 aliphatic rings. The monoisotopic (exact) mass is 465 g/mol. The maximum atomic E-state index is 14.9. The number of cyclic esters (lactones) is 1. The molecule has 32 heavy (non-hydrogen) atoms. The third-order valence-corrected chi connectivity index (χ3v) is 6.79. The minimum absolute atomic E-state index is 0.0285. The summed E-state index contributed by atoms with van der Waals surface area (Å²) in [4.78, 5) is 40.8. The minimum Gasteiger partial charge on any atom is -0.442 e. The Bertz CT molecular complexity index is 882. The molecule has 2 N–H and O–H groups in total. The number of benzene rings is 1. The molecule has 11 heteroatoms. The van der Waals surface area contributed by atoms with Gasteiger partial charge in [-0.05, 0) is 24.6 Å². The number of hydrogen-bond donors (Lipinski definition) is 2. The third kappa shape index (κ3) is 5.20. The molecule has 174 valence electrons. The Morgan fingerprint density at radius 2 is 2.00 bits per heavy atom. The van der Waals surface area contributed by atoms with E-state index >= 15 is 0 Å². The van der Waals surface area contributed by atoms with E-state index in [1.807, 2.05) is 21.6 Å². The first-order valence-electron chi connectivity index (χ1n) is 10.8. The molecule has 0 spiro atoms. The van der Waals surface area contributed by atoms with Crippen molar-refractivity contribution < 1.29 is 23.5 Å². The molecule has 1 aromatic rings. The summed E-state index contributed by atoms with van der Waals surface area (Å²) >= 11 is 1.85. The van der Waals surface area contributed by atoms with Crippen molar-refractivity contribution in [2.45, 2.75) is 25.5 Å². The van der Waals surface area contributed by atoms with Crippen LogP contribution in [0.3, 0.4) is 0 Å². The maximum absolute atomic E-state index is 14.9. The van der Waals surface area contributed by atoms with E-state index in [0.29, 0.717) is 24.5 Å². The highest BCUT2D eigenvalue weighted by Gasteiger charge is 2.33. The normalized spacial score (nSPS) is 23.3. The van der Waals surface area contributed by atoms with E-state index < -0.39 is 18.0 Å². The highest BCUT2D eigenvalue weighted by atomic mass is 32.2. The van der Waals surface area contributed by atoms with Gasteiger partial charge in [0.25, 0.3) is 0 Å². The van der Waals surface area contributed by atoms with Crippen molar-refractivity contribution in [1.29, 1.82) is 0 Å². The van der Waals surface area contributed by atoms with E-state index in [1.54, 1.807) is 12.1 Å². The second kappa shape index (κ2) is 9.85. The van der Waals surface area contributed by atoms with Gasteiger partial charge in [-0.25, -0.2) is 14.0 Å². The van der Waals surface area contributed by atoms with Crippen LogP contribution in [0.15, 0.2) is 18.2 Å². The third-order valence-electron chi connectivity index (χ3n) is 5.85. The summed E-state index contributed by atoms with van der Waals surface area (Å²) in [6.07, 6.45) is -0.290. The molecule has 9 nitrogen and oxygen atoms in total. The van der Waals surface area contributed by atoms with Gasteiger partial charge in [-0.3, -0.25) is 9.69 Å². The predicted molar refractivity (Wildman–Crippen MR) is 121 cm³/mol. The molecule has 0 aliphatic carbocycles. The van der Waals surface area contributed by atoms with Crippen molar-refractivity contribution in [3.8, 4) is 0 Å². The highest BCUT2D eigenvalue weighted by Crippen LogP contribution is 2.29. The van der Waals surface area contributed by atoms with Crippen LogP contribution in [0.2, 0.25) is 0 Å². The lowest BCUT2D eigenvalue weighted by molar-refractivity contribution is -0.119. The molecule has 0 aromatic heterocycles. The van der Waals surface area contributed by atoms with E-state index in [-0.39, 0.29) is 31.1 Å². The molecule has 3 fully saturated rings. The molecule has 3 aliphatic heterocycles. The molecule has 0 bridgehead atoms. The number of thioether (sulfide) groups is 1. The summed E-state index contributed by atoms with van der Waals surface area (Å²) in [6, 6.07) is 4.60. The van der Waals surface area contributed by atoms with Crippen LogP contribution in [-0.4, -0.2) is 85.9 Å². The van der Waals surface area contributed by atoms with Gasteiger partial charge in [0.05, 0.1) is 24.5 Å². The number of carbonyl (C=O) groups is 3. The number of ether oxygens (including phenoxy) is 1. The Kier molecular flexibility index (Phi) is 6.92. The van der Waals surface area contributed by atoms with Crippen molar-refractivity contribution in [1.82, 2.24) is 15.5 Å². The Morgan fingerprint density at radius 1 is 1.22 bits per heavy atom. The SMILES string of the molecule is CC(=O)NC[C@H]1CN(c2ccc(N3CCC(NC(=O)N4CCSCC4)C3)c(F)c2)C(=O)O1. The van der Waals surface area contributed by atoms with Gasteiger partial charge in [0.1, 0.15) is 11.9 Å². The largest absolute Gasteiger partial charge is 0.442 e. The van der Waals surface area contributed by atoms with E-state index in [4.69, 9.17) is 4.74 Å². The second-order valence-corrected chi connectivity index (χ2v) is 9.39. The van der Waals surface area contributed by atoms with Crippen molar-refractivity contribution >= 4 is 41.2 Å². The van der Waals surface area contributed by atoms with E-state index in [0.717, 1.165) is 31.0 Å². The van der Waals surface area contributed by atoms with Gasteiger partial charge in [0.2, 0.25) is 5.91 Å². The van der Waals surface area contributed by atoms with Gasteiger partial charge in [0.15, 0.2) is 0 Å². The number of rotatable bonds is 5. The van der Waals surface area contributed by atoms with Crippen molar-refractivity contribution in [2.24, 2.45) is 0 Å². The predicted octanol–water partition coefficient (Wildman–Crippen LogP) is 1.62. The second-order valence-electron chi connectivity index (χ2n) is 8.17. The molecule has 0 radical (unpaired) electrons. The molecule has 3 heterocycles. The Labute approximate surface area is 190 Å². The van der Waals surface area contributed by atoms with Crippen LogP contribution in [0.1, 0.15) is 13.3 Å². The van der Waals surface area contributed by atoms with Crippen LogP contribution < -0.4 is 20.4 Å². The van der Waals surface area contributed by atoms with Crippen LogP contribution in [0, 0.1) is 5.82 Å². The summed E-state index contributed by atoms with van der Waals surface area (Å²) < 4.78 is 20.2. The summed E-state index contributed by atoms with van der Waals surface area (Å²) in [6.45, 7) is 4.54. The fourth-order valence-electron chi connectivity index (χ4n) is 4.15. The van der Waals surface area contributed by atoms with Crippen LogP contribution >= 0.6 is 11.8 Å². The number of nitrogens with zero attached hydrogens (tertiary/aromatic N) is 3. The molecule has 4 rings (SSSR count). The summed E-state index contributed by atoms with van der Waals surface area (Å²) in [7, 11) is 0. The standard InChI is InChI=1S/C21H28FN5O4S/c1-14(28)23-11-17-13-27(21(30)31-17)16-2-3-19(18(22)10-16)26-5-4-15(12-26)24-20(29)25-6-8-32-9-7-25/h2-3,10,15,17H,4-9,11-13H2,1H3,(H,23,28)(H,24,29)/t15?,17-/m0/s1. The van der Waals surface area contributed by atoms with Crippen LogP contribution in [-0.2, 0) is 9.53 Å². The van der Waals surface area contributed by atoms with Crippen LogP contribution in [0.4, 0.5) is 25.4 Å². The quantitative estimate of drug-likeness (QED) is 0.687. The first-order chi connectivity index (χ1) is 15.4. The number of amides is 4. The maximum Gasteiger partial charge on any atom is 0.414 e. The number of nitrogens with one attached hydrogen (secondary N) is 2. The fourth-order valence-corrected chi connectivity index (χ4v) is 5.05. The van der Waals surface area contributed by atoms with Gasteiger partial charge in [-0.2, -0.15) is 11.8 Å². The topological polar surface area (TPSA) is 94.2 Å². The summed E-state index contributed by atoms with van der Waals surface area (Å²) in [5.41, 5.74) is 0.857. The molecule has 1 unspecified atom stereocenters. The lowest BCUT2D eigenvalue weighted by Crippen LogP contribution is -2.48. The van der Waals surface area contributed by atoms with E-state index in [1.165, 1.54) is 17.9 Å². The van der Waals surface area contributed by atoms with Gasteiger partial charge >= 0.3 is 12.1 Å². The number of anilines is 2. The number of urea groups is 1. The minimum atomic E-state index is -0.562. The lowest BCUT2D eigenvalue weighted by atomic mass is 10.2. The van der Waals surface area contributed by atoms with Gasteiger partial charge < -0.3 is 25.2 Å². The molecular formula is C21H28FN5O4S. The average molecular weight is 466 g/mol. The Morgan fingerprint density at radius 3 is 2.72 bits per heavy atom. The zero-order chi connectivity index (χ0) is 22.7. The summed E-state index contributed by atoms with van der Waals surface area (Å²) in [5.74, 6) is 1.28. The van der Waals surface area contributed by atoms with E-state index in [9.17, 15) is 18.8 Å². The van der Waals surface area contributed by atoms with Crippen molar-refractivity contribution in [3.05, 3.63) is 24.0 Å². The number of halogens is 1. The van der Waals surface area contributed by atoms with Crippen molar-refractivity contribution in [3.63, 3.8) is 0 Å². The first kappa shape index (κ1) is 22.5. The van der Waals surface area contributed by atoms with Crippen LogP contribution in [0.25, 0.3) is 0 Å². The van der Waals surface area contributed by atoms with E-state index in [2.05, 4.69) is 10.6 Å². The zero-order valence-corrected chi connectivity index (χ0v) is 18.8. The van der Waals surface area contributed by atoms with Crippen LogP contribution in [0.5, 0.6) is 0 Å².